The number of rotatable bonds is 8. The number of aliphatic carboxylic acids is 2. The van der Waals surface area contributed by atoms with Gasteiger partial charge in [-0.25, -0.2) is 0 Å². The second kappa shape index (κ2) is 18.6. The van der Waals surface area contributed by atoms with Crippen LogP contribution in [0, 0.1) is 0 Å². The molecular weight excluding hydrogens is 770 g/mol. The third-order valence-corrected chi connectivity index (χ3v) is 22.3. The molecule has 0 fully saturated rings. The zero-order valence-electron chi connectivity index (χ0n) is 24.7. The Morgan fingerprint density at radius 2 is 0.489 bits per heavy atom. The first-order chi connectivity index (χ1) is 22.0. The van der Waals surface area contributed by atoms with E-state index < -0.39 is 57.9 Å². The molecule has 0 saturated heterocycles. The van der Waals surface area contributed by atoms with E-state index in [0.29, 0.717) is 0 Å². The summed E-state index contributed by atoms with van der Waals surface area (Å²) in [6, 6.07) is 65.9. The number of hydrogen-bond acceptors (Lipinski definition) is 4. The van der Waals surface area contributed by atoms with Gasteiger partial charge in [-0.3, -0.25) is 0 Å². The van der Waals surface area contributed by atoms with Crippen molar-refractivity contribution in [2.75, 3.05) is 0 Å². The second-order valence-corrected chi connectivity index (χ2v) is 24.0. The molecule has 0 spiro atoms. The Labute approximate surface area is 279 Å². The summed E-state index contributed by atoms with van der Waals surface area (Å²) in [6.07, 6.45) is -1.03. The third-order valence-electron chi connectivity index (χ3n) is 6.66. The molecule has 6 aromatic rings. The summed E-state index contributed by atoms with van der Waals surface area (Å²) in [5, 5.41) is 18.6. The molecule has 220 valence electrons. The summed E-state index contributed by atoms with van der Waals surface area (Å²) >= 11 is -3.96. The maximum absolute atomic E-state index is 9.28. The zero-order chi connectivity index (χ0) is 31.7. The average molecular weight is 802 g/mol. The first-order valence-corrected chi connectivity index (χ1v) is 23.1. The summed E-state index contributed by atoms with van der Waals surface area (Å²) < 4.78 is 9.18. The predicted octanol–water partition coefficient (Wildman–Crippen LogP) is 1.28. The molecule has 6 heteroatoms. The van der Waals surface area contributed by atoms with Crippen LogP contribution in [0.25, 0.3) is 0 Å². The third kappa shape index (κ3) is 11.1. The van der Waals surface area contributed by atoms with Crippen molar-refractivity contribution >= 4 is 72.9 Å². The number of benzene rings is 6. The normalized spacial score (nSPS) is 9.78. The van der Waals surface area contributed by atoms with Crippen LogP contribution in [0.5, 0.6) is 0 Å². The van der Waals surface area contributed by atoms with E-state index in [-0.39, 0.29) is 0 Å². The second-order valence-electron chi connectivity index (χ2n) is 9.87. The van der Waals surface area contributed by atoms with Crippen LogP contribution in [0.3, 0.4) is 0 Å². The van der Waals surface area contributed by atoms with E-state index in [2.05, 4.69) is 182 Å². The van der Waals surface area contributed by atoms with Crippen LogP contribution >= 0.6 is 0 Å². The summed E-state index contributed by atoms with van der Waals surface area (Å²) in [5.74, 6) is -3.25. The Hall–Kier alpha value is -4.14. The Morgan fingerprint density at radius 3 is 0.600 bits per heavy atom. The number of carboxylic acids is 2. The molecule has 0 aliphatic rings. The number of carbonyl (C=O) groups excluding carboxylic acids is 2. The van der Waals surface area contributed by atoms with E-state index in [9.17, 15) is 19.8 Å². The van der Waals surface area contributed by atoms with E-state index in [0.717, 1.165) is 0 Å². The van der Waals surface area contributed by atoms with Gasteiger partial charge in [-0.1, -0.05) is 0 Å². The van der Waals surface area contributed by atoms with Gasteiger partial charge in [0.1, 0.15) is 0 Å². The van der Waals surface area contributed by atoms with Gasteiger partial charge < -0.3 is 19.8 Å². The summed E-state index contributed by atoms with van der Waals surface area (Å²) in [5.41, 5.74) is 0. The van der Waals surface area contributed by atoms with Gasteiger partial charge in [0.15, 0.2) is 0 Å². The molecular formula is C39H32O4Sn2. The molecule has 0 bridgehead atoms. The molecule has 0 atom stereocenters. The van der Waals surface area contributed by atoms with Gasteiger partial charge in [-0.15, -0.1) is 0 Å². The summed E-state index contributed by atoms with van der Waals surface area (Å²) in [6.45, 7) is 0. The van der Waals surface area contributed by atoms with E-state index in [1.54, 1.807) is 0 Å². The standard InChI is InChI=1S/6C6H5.C3H4O4.2Sn/c6*1-2-4-6-5-3-1;4-2(5)1-3(6)7;;/h6*1-5H;1H2,(H,4,5)(H,6,7);;/q;;;;;;;2*+1/p-2. The van der Waals surface area contributed by atoms with Gasteiger partial charge >= 0.3 is 243 Å². The number of carboxylic acid groups (broad SMARTS) is 2. The van der Waals surface area contributed by atoms with Crippen molar-refractivity contribution in [1.82, 2.24) is 0 Å². The van der Waals surface area contributed by atoms with Crippen LogP contribution in [0.4, 0.5) is 0 Å². The van der Waals surface area contributed by atoms with Crippen LogP contribution in [-0.4, -0.2) is 51.5 Å². The van der Waals surface area contributed by atoms with Gasteiger partial charge in [-0.05, 0) is 0 Å². The molecule has 4 nitrogen and oxygen atoms in total. The van der Waals surface area contributed by atoms with Crippen molar-refractivity contribution < 1.29 is 19.8 Å². The molecule has 0 heterocycles. The Bertz CT molecular complexity index is 1380. The number of carbonyl (C=O) groups is 2. The fourth-order valence-corrected chi connectivity index (χ4v) is 19.5. The minimum atomic E-state index is -1.98. The quantitative estimate of drug-likeness (QED) is 0.172. The molecule has 6 rings (SSSR count). The fourth-order valence-electron chi connectivity index (χ4n) is 4.75. The van der Waals surface area contributed by atoms with E-state index in [1.165, 1.54) is 21.5 Å². The van der Waals surface area contributed by atoms with Gasteiger partial charge in [0, 0.05) is 18.4 Å². The van der Waals surface area contributed by atoms with Crippen LogP contribution < -0.4 is 31.7 Å². The van der Waals surface area contributed by atoms with E-state index in [4.69, 9.17) is 0 Å². The van der Waals surface area contributed by atoms with Crippen LogP contribution in [0.15, 0.2) is 182 Å². The molecule has 0 aromatic heterocycles. The fraction of sp³-hybridized carbons (Fsp3) is 0.0256. The van der Waals surface area contributed by atoms with E-state index >= 15 is 0 Å². The molecule has 6 aromatic carbocycles. The van der Waals surface area contributed by atoms with Crippen molar-refractivity contribution in [2.24, 2.45) is 0 Å². The molecule has 0 saturated carbocycles. The Kier molecular flexibility index (Phi) is 14.0. The SMILES string of the molecule is O=C([O-])CC(=O)[O-].c1cc[c]([Sn+]([c]2ccccc2)[c]2ccccc2)cc1.c1cc[c]([Sn+]([c]2ccccc2)[c]2ccccc2)cc1. The van der Waals surface area contributed by atoms with Crippen LogP contribution in [0.2, 0.25) is 0 Å². The van der Waals surface area contributed by atoms with Crippen LogP contribution in [0.1, 0.15) is 6.42 Å². The monoisotopic (exact) mass is 804 g/mol. The van der Waals surface area contributed by atoms with Crippen molar-refractivity contribution in [2.45, 2.75) is 6.42 Å². The minimum absolute atomic E-state index is 1.03. The molecule has 0 aliphatic carbocycles. The molecule has 0 radical (unpaired) electrons. The molecule has 0 N–H and O–H groups in total. The summed E-state index contributed by atoms with van der Waals surface area (Å²) in [4.78, 5) is 18.6. The van der Waals surface area contributed by atoms with Gasteiger partial charge in [0.25, 0.3) is 0 Å². The van der Waals surface area contributed by atoms with Gasteiger partial charge in [0.2, 0.25) is 0 Å². The summed E-state index contributed by atoms with van der Waals surface area (Å²) in [7, 11) is 0. The van der Waals surface area contributed by atoms with Crippen molar-refractivity contribution in [3.8, 4) is 0 Å². The maximum atomic E-state index is 9.28. The first kappa shape index (κ1) is 33.7. The van der Waals surface area contributed by atoms with Crippen LogP contribution in [-0.2, 0) is 9.59 Å². The molecule has 45 heavy (non-hydrogen) atoms. The first-order valence-electron chi connectivity index (χ1n) is 14.5. The van der Waals surface area contributed by atoms with Crippen molar-refractivity contribution in [1.29, 1.82) is 0 Å². The van der Waals surface area contributed by atoms with Crippen molar-refractivity contribution in [3.05, 3.63) is 182 Å². The van der Waals surface area contributed by atoms with Crippen molar-refractivity contribution in [3.63, 3.8) is 0 Å². The Morgan fingerprint density at radius 1 is 0.333 bits per heavy atom. The number of hydrogen-bond donors (Lipinski definition) is 0. The van der Waals surface area contributed by atoms with Gasteiger partial charge in [-0.2, -0.15) is 0 Å². The zero-order valence-corrected chi connectivity index (χ0v) is 30.4. The average Bonchev–Trinajstić information content (AvgIpc) is 3.08. The van der Waals surface area contributed by atoms with E-state index in [1.807, 2.05) is 0 Å². The topological polar surface area (TPSA) is 80.3 Å². The molecule has 0 aliphatic heterocycles. The van der Waals surface area contributed by atoms with Gasteiger partial charge in [0.05, 0.1) is 0 Å². The molecule has 0 unspecified atom stereocenters. The molecule has 0 amide bonds. The predicted molar refractivity (Wildman–Crippen MR) is 183 cm³/mol. The Balaban J connectivity index is 0.000000170.